The fourth-order valence-corrected chi connectivity index (χ4v) is 1.82. The zero-order valence-corrected chi connectivity index (χ0v) is 11.7. The molecule has 0 aromatic heterocycles. The highest BCUT2D eigenvalue weighted by atomic mass is 14.6. The minimum absolute atomic E-state index is 0.137. The molecule has 0 aliphatic heterocycles. The summed E-state index contributed by atoms with van der Waals surface area (Å²) in [5, 5.41) is 9.08. The molecule has 0 spiro atoms. The van der Waals surface area contributed by atoms with Crippen molar-refractivity contribution >= 4 is 5.70 Å². The Morgan fingerprint density at radius 2 is 1.78 bits per heavy atom. The minimum Gasteiger partial charge on any atom is -0.397 e. The third-order valence-corrected chi connectivity index (χ3v) is 3.02. The van der Waals surface area contributed by atoms with Gasteiger partial charge in [0.15, 0.2) is 0 Å². The average molecular weight is 242 g/mol. The second-order valence-corrected chi connectivity index (χ2v) is 5.58. The molecule has 0 amide bonds. The SMILES string of the molecule is CCC/C(C#N)=C(/N)c1ccc(C(C)(C)C)cc1. The third kappa shape index (κ3) is 3.37. The minimum atomic E-state index is 0.137. The molecule has 0 unspecified atom stereocenters. The Bertz CT molecular complexity index is 467. The van der Waals surface area contributed by atoms with Crippen molar-refractivity contribution < 1.29 is 0 Å². The van der Waals surface area contributed by atoms with E-state index in [4.69, 9.17) is 11.0 Å². The Morgan fingerprint density at radius 1 is 1.22 bits per heavy atom. The summed E-state index contributed by atoms with van der Waals surface area (Å²) in [6.07, 6.45) is 1.67. The summed E-state index contributed by atoms with van der Waals surface area (Å²) in [6, 6.07) is 10.4. The van der Waals surface area contributed by atoms with Crippen molar-refractivity contribution in [3.63, 3.8) is 0 Å². The molecule has 96 valence electrons. The molecule has 0 saturated carbocycles. The maximum Gasteiger partial charge on any atom is 0.0968 e. The standard InChI is InChI=1S/C16H22N2/c1-5-6-13(11-17)15(18)12-7-9-14(10-8-12)16(2,3)4/h7-10H,5-6,18H2,1-4H3/b15-13-. The number of nitrogens with two attached hydrogens (primary N) is 1. The van der Waals surface area contributed by atoms with Gasteiger partial charge in [-0.25, -0.2) is 0 Å². The molecule has 2 heteroatoms. The highest BCUT2D eigenvalue weighted by Gasteiger charge is 2.13. The quantitative estimate of drug-likeness (QED) is 0.815. The molecule has 1 aromatic rings. The highest BCUT2D eigenvalue weighted by Crippen LogP contribution is 2.24. The zero-order chi connectivity index (χ0) is 13.8. The van der Waals surface area contributed by atoms with E-state index in [1.54, 1.807) is 0 Å². The summed E-state index contributed by atoms with van der Waals surface area (Å²) in [4.78, 5) is 0. The predicted octanol–water partition coefficient (Wildman–Crippen LogP) is 3.98. The normalized spacial score (nSPS) is 12.8. The number of nitrogens with zero attached hydrogens (tertiary/aromatic N) is 1. The molecule has 0 saturated heterocycles. The fraction of sp³-hybridized carbons (Fsp3) is 0.438. The lowest BCUT2D eigenvalue weighted by molar-refractivity contribution is 0.590. The van der Waals surface area contributed by atoms with Gasteiger partial charge in [-0.3, -0.25) is 0 Å². The van der Waals surface area contributed by atoms with E-state index >= 15 is 0 Å². The molecule has 0 heterocycles. The summed E-state index contributed by atoms with van der Waals surface area (Å²) < 4.78 is 0. The van der Waals surface area contributed by atoms with Crippen molar-refractivity contribution in [2.45, 2.75) is 46.0 Å². The molecule has 0 fully saturated rings. The van der Waals surface area contributed by atoms with Crippen molar-refractivity contribution in [3.05, 3.63) is 41.0 Å². The summed E-state index contributed by atoms with van der Waals surface area (Å²) >= 11 is 0. The van der Waals surface area contributed by atoms with E-state index in [1.807, 2.05) is 19.1 Å². The van der Waals surface area contributed by atoms with Gasteiger partial charge in [-0.1, -0.05) is 58.4 Å². The van der Waals surface area contributed by atoms with E-state index in [-0.39, 0.29) is 5.41 Å². The molecule has 1 aromatic carbocycles. The van der Waals surface area contributed by atoms with Crippen LogP contribution in [0.15, 0.2) is 29.8 Å². The van der Waals surface area contributed by atoms with E-state index in [0.29, 0.717) is 11.3 Å². The number of allylic oxidation sites excluding steroid dienone is 1. The van der Waals surface area contributed by atoms with Gasteiger partial charge in [0, 0.05) is 0 Å². The first-order valence-electron chi connectivity index (χ1n) is 6.39. The van der Waals surface area contributed by atoms with Crippen LogP contribution in [-0.4, -0.2) is 0 Å². The zero-order valence-electron chi connectivity index (χ0n) is 11.7. The third-order valence-electron chi connectivity index (χ3n) is 3.02. The van der Waals surface area contributed by atoms with Gasteiger partial charge in [0.25, 0.3) is 0 Å². The van der Waals surface area contributed by atoms with Crippen LogP contribution in [0, 0.1) is 11.3 Å². The van der Waals surface area contributed by atoms with Crippen LogP contribution < -0.4 is 5.73 Å². The Balaban J connectivity index is 3.09. The molecule has 2 nitrogen and oxygen atoms in total. The fourth-order valence-electron chi connectivity index (χ4n) is 1.82. The predicted molar refractivity (Wildman–Crippen MR) is 76.8 cm³/mol. The number of hydrogen-bond donors (Lipinski definition) is 1. The van der Waals surface area contributed by atoms with Crippen LogP contribution in [0.1, 0.15) is 51.7 Å². The Morgan fingerprint density at radius 3 is 2.17 bits per heavy atom. The van der Waals surface area contributed by atoms with Gasteiger partial charge in [0.2, 0.25) is 0 Å². The average Bonchev–Trinajstić information content (AvgIpc) is 2.34. The first-order chi connectivity index (χ1) is 8.40. The van der Waals surface area contributed by atoms with Crippen molar-refractivity contribution in [3.8, 4) is 6.07 Å². The van der Waals surface area contributed by atoms with Gasteiger partial charge in [-0.15, -0.1) is 0 Å². The lowest BCUT2D eigenvalue weighted by atomic mass is 9.86. The van der Waals surface area contributed by atoms with E-state index in [2.05, 4.69) is 39.0 Å². The van der Waals surface area contributed by atoms with E-state index in [1.165, 1.54) is 5.56 Å². The van der Waals surface area contributed by atoms with Crippen LogP contribution in [0.25, 0.3) is 5.70 Å². The first kappa shape index (κ1) is 14.3. The van der Waals surface area contributed by atoms with E-state index in [0.717, 1.165) is 18.4 Å². The van der Waals surface area contributed by atoms with E-state index < -0.39 is 0 Å². The second kappa shape index (κ2) is 5.73. The van der Waals surface area contributed by atoms with Crippen LogP contribution in [0.5, 0.6) is 0 Å². The summed E-state index contributed by atoms with van der Waals surface area (Å²) in [5.74, 6) is 0. The van der Waals surface area contributed by atoms with Crippen molar-refractivity contribution in [1.29, 1.82) is 5.26 Å². The van der Waals surface area contributed by atoms with Crippen LogP contribution >= 0.6 is 0 Å². The molecular formula is C16H22N2. The Hall–Kier alpha value is -1.75. The highest BCUT2D eigenvalue weighted by molar-refractivity contribution is 5.69. The van der Waals surface area contributed by atoms with Crippen LogP contribution in [0.2, 0.25) is 0 Å². The van der Waals surface area contributed by atoms with Gasteiger partial charge in [-0.2, -0.15) is 5.26 Å². The van der Waals surface area contributed by atoms with Gasteiger partial charge < -0.3 is 5.73 Å². The molecule has 0 radical (unpaired) electrons. The second-order valence-electron chi connectivity index (χ2n) is 5.58. The molecule has 0 bridgehead atoms. The number of nitriles is 1. The largest absolute Gasteiger partial charge is 0.397 e. The molecule has 2 N–H and O–H groups in total. The van der Waals surface area contributed by atoms with Crippen molar-refractivity contribution in [2.75, 3.05) is 0 Å². The topological polar surface area (TPSA) is 49.8 Å². The molecule has 0 atom stereocenters. The molecule has 0 aliphatic carbocycles. The number of benzene rings is 1. The van der Waals surface area contributed by atoms with Gasteiger partial charge >= 0.3 is 0 Å². The van der Waals surface area contributed by atoms with Gasteiger partial charge in [0.1, 0.15) is 0 Å². The maximum atomic E-state index is 9.08. The first-order valence-corrected chi connectivity index (χ1v) is 6.39. The molecular weight excluding hydrogens is 220 g/mol. The molecule has 0 aliphatic rings. The monoisotopic (exact) mass is 242 g/mol. The lowest BCUT2D eigenvalue weighted by Gasteiger charge is -2.19. The van der Waals surface area contributed by atoms with Crippen molar-refractivity contribution in [1.82, 2.24) is 0 Å². The lowest BCUT2D eigenvalue weighted by Crippen LogP contribution is -2.11. The summed E-state index contributed by atoms with van der Waals surface area (Å²) in [6.45, 7) is 8.59. The number of rotatable bonds is 3. The Kier molecular flexibility index (Phi) is 4.55. The van der Waals surface area contributed by atoms with Crippen LogP contribution in [0.4, 0.5) is 0 Å². The van der Waals surface area contributed by atoms with E-state index in [9.17, 15) is 0 Å². The van der Waals surface area contributed by atoms with Crippen molar-refractivity contribution in [2.24, 2.45) is 5.73 Å². The smallest absolute Gasteiger partial charge is 0.0968 e. The van der Waals surface area contributed by atoms with Gasteiger partial charge in [-0.05, 0) is 23.0 Å². The Labute approximate surface area is 110 Å². The van der Waals surface area contributed by atoms with Gasteiger partial charge in [0.05, 0.1) is 17.3 Å². The van der Waals surface area contributed by atoms with Crippen LogP contribution in [-0.2, 0) is 5.41 Å². The molecule has 18 heavy (non-hydrogen) atoms. The molecule has 1 rings (SSSR count). The maximum absolute atomic E-state index is 9.08. The summed E-state index contributed by atoms with van der Waals surface area (Å²) in [5.41, 5.74) is 9.69. The number of hydrogen-bond acceptors (Lipinski definition) is 2. The summed E-state index contributed by atoms with van der Waals surface area (Å²) in [7, 11) is 0. The van der Waals surface area contributed by atoms with Crippen LogP contribution in [0.3, 0.4) is 0 Å².